The molecule has 25 heavy (non-hydrogen) atoms. The van der Waals surface area contributed by atoms with Gasteiger partial charge in [0.1, 0.15) is 23.8 Å². The number of aryl methyl sites for hydroxylation is 2. The van der Waals surface area contributed by atoms with Gasteiger partial charge >= 0.3 is 0 Å². The van der Waals surface area contributed by atoms with Gasteiger partial charge in [-0.05, 0) is 68.3 Å². The largest absolute Gasteiger partial charge is 0.487 e. The maximum atomic E-state index is 5.92. The van der Waals surface area contributed by atoms with Gasteiger partial charge in [-0.25, -0.2) is 4.98 Å². The third-order valence-corrected chi connectivity index (χ3v) is 4.20. The number of aromatic nitrogens is 1. The van der Waals surface area contributed by atoms with Gasteiger partial charge in [0.05, 0.1) is 0 Å². The summed E-state index contributed by atoms with van der Waals surface area (Å²) < 4.78 is 11.6. The number of oxazole rings is 1. The zero-order valence-corrected chi connectivity index (χ0v) is 14.9. The highest BCUT2D eigenvalue weighted by molar-refractivity contribution is 6.30. The van der Waals surface area contributed by atoms with Gasteiger partial charge in [0, 0.05) is 10.6 Å². The van der Waals surface area contributed by atoms with Crippen molar-refractivity contribution in [3.63, 3.8) is 0 Å². The first-order valence-electron chi connectivity index (χ1n) is 8.30. The van der Waals surface area contributed by atoms with E-state index in [1.807, 2.05) is 43.3 Å². The van der Waals surface area contributed by atoms with Crippen molar-refractivity contribution in [3.05, 3.63) is 70.6 Å². The summed E-state index contributed by atoms with van der Waals surface area (Å²) in [4.78, 5) is 4.53. The minimum Gasteiger partial charge on any atom is -0.487 e. The molecule has 2 aromatic carbocycles. The van der Waals surface area contributed by atoms with E-state index in [1.54, 1.807) is 0 Å². The molecular weight excluding hydrogens is 336 g/mol. The number of nitrogens with two attached hydrogens (primary N) is 1. The summed E-state index contributed by atoms with van der Waals surface area (Å²) >= 11 is 5.92. The van der Waals surface area contributed by atoms with Crippen LogP contribution in [0.15, 0.2) is 52.9 Å². The fourth-order valence-corrected chi connectivity index (χ4v) is 2.61. The Morgan fingerprint density at radius 3 is 2.48 bits per heavy atom. The molecular formula is C20H21ClN2O2. The highest BCUT2D eigenvalue weighted by Crippen LogP contribution is 2.24. The number of halogens is 1. The van der Waals surface area contributed by atoms with Crippen LogP contribution in [0, 0.1) is 6.92 Å². The van der Waals surface area contributed by atoms with E-state index in [4.69, 9.17) is 26.5 Å². The number of hydrogen-bond acceptors (Lipinski definition) is 4. The summed E-state index contributed by atoms with van der Waals surface area (Å²) in [6.45, 7) is 2.96. The Bertz CT molecular complexity index is 811. The maximum Gasteiger partial charge on any atom is 0.226 e. The highest BCUT2D eigenvalue weighted by Gasteiger charge is 2.12. The lowest BCUT2D eigenvalue weighted by Crippen LogP contribution is -2.00. The predicted octanol–water partition coefficient (Wildman–Crippen LogP) is 4.77. The first kappa shape index (κ1) is 17.5. The van der Waals surface area contributed by atoms with E-state index in [0.29, 0.717) is 24.1 Å². The molecule has 0 aliphatic rings. The second kappa shape index (κ2) is 8.19. The molecule has 2 N–H and O–H groups in total. The van der Waals surface area contributed by atoms with E-state index in [0.717, 1.165) is 35.6 Å². The first-order chi connectivity index (χ1) is 12.2. The zero-order chi connectivity index (χ0) is 17.6. The van der Waals surface area contributed by atoms with Crippen LogP contribution in [0.2, 0.25) is 5.02 Å². The van der Waals surface area contributed by atoms with Gasteiger partial charge in [-0.15, -0.1) is 0 Å². The van der Waals surface area contributed by atoms with E-state index < -0.39 is 0 Å². The third kappa shape index (κ3) is 4.62. The van der Waals surface area contributed by atoms with Crippen molar-refractivity contribution in [1.29, 1.82) is 0 Å². The van der Waals surface area contributed by atoms with Crippen LogP contribution < -0.4 is 10.5 Å². The molecule has 5 heteroatoms. The van der Waals surface area contributed by atoms with Crippen molar-refractivity contribution in [1.82, 2.24) is 4.98 Å². The normalized spacial score (nSPS) is 10.8. The number of ether oxygens (including phenoxy) is 1. The maximum absolute atomic E-state index is 5.92. The number of hydrogen-bond donors (Lipinski definition) is 1. The van der Waals surface area contributed by atoms with Crippen molar-refractivity contribution in [2.45, 2.75) is 26.4 Å². The Kier molecular flexibility index (Phi) is 5.74. The van der Waals surface area contributed by atoms with E-state index in [1.165, 1.54) is 5.56 Å². The average molecular weight is 357 g/mol. The van der Waals surface area contributed by atoms with Crippen molar-refractivity contribution in [3.8, 4) is 17.2 Å². The summed E-state index contributed by atoms with van der Waals surface area (Å²) in [5, 5.41) is 0.686. The molecule has 0 atom stereocenters. The molecule has 3 rings (SSSR count). The minimum atomic E-state index is 0.366. The van der Waals surface area contributed by atoms with Crippen LogP contribution in [0.25, 0.3) is 11.5 Å². The lowest BCUT2D eigenvalue weighted by Gasteiger charge is -2.06. The summed E-state index contributed by atoms with van der Waals surface area (Å²) in [6.07, 6.45) is 1.98. The molecule has 0 saturated carbocycles. The van der Waals surface area contributed by atoms with E-state index >= 15 is 0 Å². The Hall–Kier alpha value is -2.30. The summed E-state index contributed by atoms with van der Waals surface area (Å²) in [5.74, 6) is 2.14. The van der Waals surface area contributed by atoms with Gasteiger partial charge in [0.2, 0.25) is 5.89 Å². The fraction of sp³-hybridized carbons (Fsp3) is 0.250. The van der Waals surface area contributed by atoms with E-state index in [2.05, 4.69) is 17.1 Å². The standard InChI is InChI=1S/C20H21ClN2O2/c1-14-19(23-20(25-14)16-6-8-17(21)9-7-16)13-24-18-10-4-15(5-11-18)3-2-12-22/h4-11H,2-3,12-13,22H2,1H3. The van der Waals surface area contributed by atoms with Crippen LogP contribution in [0.5, 0.6) is 5.75 Å². The highest BCUT2D eigenvalue weighted by atomic mass is 35.5. The topological polar surface area (TPSA) is 61.3 Å². The van der Waals surface area contributed by atoms with Crippen molar-refractivity contribution in [2.24, 2.45) is 5.73 Å². The van der Waals surface area contributed by atoms with Gasteiger partial charge < -0.3 is 14.9 Å². The van der Waals surface area contributed by atoms with Crippen molar-refractivity contribution < 1.29 is 9.15 Å². The van der Waals surface area contributed by atoms with Crippen LogP contribution in [0.3, 0.4) is 0 Å². The molecule has 1 aromatic heterocycles. The number of nitrogens with zero attached hydrogens (tertiary/aromatic N) is 1. The smallest absolute Gasteiger partial charge is 0.226 e. The van der Waals surface area contributed by atoms with Crippen LogP contribution in [0.4, 0.5) is 0 Å². The van der Waals surface area contributed by atoms with Crippen molar-refractivity contribution in [2.75, 3.05) is 6.54 Å². The summed E-state index contributed by atoms with van der Waals surface area (Å²) in [5.41, 5.74) is 8.48. The lowest BCUT2D eigenvalue weighted by molar-refractivity contribution is 0.299. The Labute approximate surface area is 152 Å². The Morgan fingerprint density at radius 1 is 1.08 bits per heavy atom. The second-order valence-corrected chi connectivity index (χ2v) is 6.29. The SMILES string of the molecule is Cc1oc(-c2ccc(Cl)cc2)nc1COc1ccc(CCCN)cc1. The van der Waals surface area contributed by atoms with Crippen molar-refractivity contribution >= 4 is 11.6 Å². The molecule has 1 heterocycles. The molecule has 4 nitrogen and oxygen atoms in total. The molecule has 0 saturated heterocycles. The molecule has 0 unspecified atom stereocenters. The predicted molar refractivity (Wildman–Crippen MR) is 99.8 cm³/mol. The first-order valence-corrected chi connectivity index (χ1v) is 8.67. The van der Waals surface area contributed by atoms with E-state index in [-0.39, 0.29) is 0 Å². The summed E-state index contributed by atoms with van der Waals surface area (Å²) in [7, 11) is 0. The van der Waals surface area contributed by atoms with Gasteiger partial charge in [-0.2, -0.15) is 0 Å². The lowest BCUT2D eigenvalue weighted by atomic mass is 10.1. The fourth-order valence-electron chi connectivity index (χ4n) is 2.49. The van der Waals surface area contributed by atoms with Crippen LogP contribution in [0.1, 0.15) is 23.4 Å². The molecule has 0 aliphatic carbocycles. The molecule has 0 aliphatic heterocycles. The Morgan fingerprint density at radius 2 is 1.80 bits per heavy atom. The number of benzene rings is 2. The van der Waals surface area contributed by atoms with E-state index in [9.17, 15) is 0 Å². The molecule has 0 radical (unpaired) electrons. The minimum absolute atomic E-state index is 0.366. The molecule has 0 spiro atoms. The molecule has 0 bridgehead atoms. The van der Waals surface area contributed by atoms with Crippen LogP contribution >= 0.6 is 11.6 Å². The van der Waals surface area contributed by atoms with Crippen LogP contribution in [-0.2, 0) is 13.0 Å². The molecule has 3 aromatic rings. The second-order valence-electron chi connectivity index (χ2n) is 5.85. The Balaban J connectivity index is 1.64. The molecule has 130 valence electrons. The molecule has 0 fully saturated rings. The summed E-state index contributed by atoms with van der Waals surface area (Å²) in [6, 6.07) is 15.5. The molecule has 0 amide bonds. The monoisotopic (exact) mass is 356 g/mol. The van der Waals surface area contributed by atoms with Gasteiger partial charge in [-0.3, -0.25) is 0 Å². The zero-order valence-electron chi connectivity index (χ0n) is 14.2. The third-order valence-electron chi connectivity index (χ3n) is 3.95. The average Bonchev–Trinajstić information content (AvgIpc) is 3.00. The quantitative estimate of drug-likeness (QED) is 0.662. The number of rotatable bonds is 7. The van der Waals surface area contributed by atoms with Gasteiger partial charge in [0.15, 0.2) is 0 Å². The van der Waals surface area contributed by atoms with Crippen LogP contribution in [-0.4, -0.2) is 11.5 Å². The van der Waals surface area contributed by atoms with Gasteiger partial charge in [0.25, 0.3) is 0 Å². The van der Waals surface area contributed by atoms with Gasteiger partial charge in [-0.1, -0.05) is 23.7 Å².